The van der Waals surface area contributed by atoms with E-state index in [2.05, 4.69) is 36.2 Å². The molecule has 1 aromatic carbocycles. The molecule has 3 rings (SSSR count). The fourth-order valence-electron chi connectivity index (χ4n) is 4.27. The second-order valence-electron chi connectivity index (χ2n) is 8.51. The van der Waals surface area contributed by atoms with Crippen LogP contribution in [0.25, 0.3) is 0 Å². The van der Waals surface area contributed by atoms with Gasteiger partial charge in [0, 0.05) is 36.6 Å². The van der Waals surface area contributed by atoms with Crippen LogP contribution in [0.3, 0.4) is 0 Å². The van der Waals surface area contributed by atoms with Gasteiger partial charge in [-0.15, -0.1) is 24.8 Å². The molecule has 3 unspecified atom stereocenters. The van der Waals surface area contributed by atoms with Gasteiger partial charge in [-0.25, -0.2) is 0 Å². The van der Waals surface area contributed by atoms with Crippen LogP contribution >= 0.6 is 36.4 Å². The highest BCUT2D eigenvalue weighted by molar-refractivity contribution is 6.30. The number of ether oxygens (including phenoxy) is 1. The van der Waals surface area contributed by atoms with Gasteiger partial charge in [-0.3, -0.25) is 9.69 Å². The van der Waals surface area contributed by atoms with Crippen LogP contribution in [-0.4, -0.2) is 48.7 Å². The number of rotatable bonds is 5. The normalized spacial score (nSPS) is 25.2. The van der Waals surface area contributed by atoms with Crippen LogP contribution in [0, 0.1) is 5.92 Å². The molecule has 1 aromatic rings. The molecular weight excluding hydrogens is 433 g/mol. The molecule has 2 fully saturated rings. The largest absolute Gasteiger partial charge is 0.373 e. The number of nitrogens with one attached hydrogen (secondary N) is 1. The van der Waals surface area contributed by atoms with Gasteiger partial charge in [0.15, 0.2) is 0 Å². The van der Waals surface area contributed by atoms with Crippen molar-refractivity contribution in [3.05, 3.63) is 34.9 Å². The van der Waals surface area contributed by atoms with Gasteiger partial charge in [-0.1, -0.05) is 30.2 Å². The zero-order valence-electron chi connectivity index (χ0n) is 17.2. The third-order valence-corrected chi connectivity index (χ3v) is 5.96. The van der Waals surface area contributed by atoms with Crippen LogP contribution < -0.4 is 11.1 Å². The maximum atomic E-state index is 12.7. The zero-order chi connectivity index (χ0) is 19.4. The first-order chi connectivity index (χ1) is 12.8. The van der Waals surface area contributed by atoms with E-state index in [9.17, 15) is 4.79 Å². The minimum atomic E-state index is -0.191. The molecule has 29 heavy (non-hydrogen) atoms. The van der Waals surface area contributed by atoms with E-state index in [0.29, 0.717) is 13.2 Å². The molecule has 0 aromatic heterocycles. The lowest BCUT2D eigenvalue weighted by atomic mass is 9.85. The molecule has 2 aliphatic rings. The lowest BCUT2D eigenvalue weighted by molar-refractivity contribution is -0.127. The number of benzene rings is 1. The first kappa shape index (κ1) is 26.5. The van der Waals surface area contributed by atoms with Gasteiger partial charge in [-0.2, -0.15) is 0 Å². The molecule has 5 nitrogen and oxygen atoms in total. The Balaban J connectivity index is 0.00000210. The van der Waals surface area contributed by atoms with Gasteiger partial charge < -0.3 is 15.8 Å². The van der Waals surface area contributed by atoms with Crippen molar-refractivity contribution in [3.8, 4) is 0 Å². The Morgan fingerprint density at radius 1 is 1.31 bits per heavy atom. The average molecular weight is 467 g/mol. The van der Waals surface area contributed by atoms with Crippen LogP contribution in [0.4, 0.5) is 0 Å². The van der Waals surface area contributed by atoms with E-state index >= 15 is 0 Å². The number of hydrogen-bond acceptors (Lipinski definition) is 4. The van der Waals surface area contributed by atoms with E-state index in [1.807, 2.05) is 12.1 Å². The molecule has 3 atom stereocenters. The zero-order valence-corrected chi connectivity index (χ0v) is 19.6. The molecule has 0 bridgehead atoms. The molecule has 1 saturated heterocycles. The van der Waals surface area contributed by atoms with Crippen molar-refractivity contribution < 1.29 is 9.53 Å². The minimum absolute atomic E-state index is 0. The number of morpholine rings is 1. The SMILES string of the molecule is CC1(C)CN(C(CNC(=O)C2CCCC(N)C2)c2ccc(Cl)cc2)CCO1.Cl.Cl. The van der Waals surface area contributed by atoms with E-state index in [1.54, 1.807) is 0 Å². The third-order valence-electron chi connectivity index (χ3n) is 5.71. The first-order valence-corrected chi connectivity index (χ1v) is 10.4. The van der Waals surface area contributed by atoms with E-state index in [4.69, 9.17) is 22.1 Å². The molecular formula is C21H34Cl3N3O2. The van der Waals surface area contributed by atoms with Crippen LogP contribution in [0.5, 0.6) is 0 Å². The standard InChI is InChI=1S/C21H32ClN3O2.2ClH/c1-21(2)14-25(10-11-27-21)19(15-6-8-17(22)9-7-15)13-24-20(26)16-4-3-5-18(23)12-16;;/h6-9,16,18-19H,3-5,10-14,23H2,1-2H3,(H,24,26);2*1H. The van der Waals surface area contributed by atoms with Crippen molar-refractivity contribution in [2.45, 2.75) is 57.2 Å². The van der Waals surface area contributed by atoms with E-state index in [1.165, 1.54) is 0 Å². The molecule has 1 aliphatic carbocycles. The number of hydrogen-bond donors (Lipinski definition) is 2. The minimum Gasteiger partial charge on any atom is -0.373 e. The summed E-state index contributed by atoms with van der Waals surface area (Å²) in [7, 11) is 0. The molecule has 166 valence electrons. The molecule has 8 heteroatoms. The Labute approximate surface area is 191 Å². The van der Waals surface area contributed by atoms with Gasteiger partial charge in [0.1, 0.15) is 0 Å². The molecule has 1 amide bonds. The highest BCUT2D eigenvalue weighted by Crippen LogP contribution is 2.28. The third kappa shape index (κ3) is 7.57. The summed E-state index contributed by atoms with van der Waals surface area (Å²) < 4.78 is 5.87. The second kappa shape index (κ2) is 11.7. The van der Waals surface area contributed by atoms with E-state index in [0.717, 1.165) is 49.4 Å². The lowest BCUT2D eigenvalue weighted by Crippen LogP contribution is -2.51. The Hall–Kier alpha value is -0.560. The number of halogens is 3. The predicted octanol–water partition coefficient (Wildman–Crippen LogP) is 3.97. The smallest absolute Gasteiger partial charge is 0.223 e. The molecule has 0 radical (unpaired) electrons. The fraction of sp³-hybridized carbons (Fsp3) is 0.667. The van der Waals surface area contributed by atoms with Crippen molar-refractivity contribution in [1.82, 2.24) is 10.2 Å². The monoisotopic (exact) mass is 465 g/mol. The highest BCUT2D eigenvalue weighted by Gasteiger charge is 2.33. The molecule has 3 N–H and O–H groups in total. The summed E-state index contributed by atoms with van der Waals surface area (Å²) >= 11 is 6.07. The molecule has 1 saturated carbocycles. The summed E-state index contributed by atoms with van der Waals surface area (Å²) in [5.74, 6) is 0.178. The summed E-state index contributed by atoms with van der Waals surface area (Å²) in [6, 6.07) is 8.19. The number of carbonyl (C=O) groups excluding carboxylic acids is 1. The summed E-state index contributed by atoms with van der Waals surface area (Å²) in [5.41, 5.74) is 7.03. The van der Waals surface area contributed by atoms with Gasteiger partial charge in [0.05, 0.1) is 18.2 Å². The number of carbonyl (C=O) groups is 1. The fourth-order valence-corrected chi connectivity index (χ4v) is 4.40. The summed E-state index contributed by atoms with van der Waals surface area (Å²) in [6.07, 6.45) is 3.80. The predicted molar refractivity (Wildman–Crippen MR) is 123 cm³/mol. The van der Waals surface area contributed by atoms with Gasteiger partial charge in [-0.05, 0) is 50.8 Å². The molecule has 0 spiro atoms. The van der Waals surface area contributed by atoms with Crippen LogP contribution in [-0.2, 0) is 9.53 Å². The van der Waals surface area contributed by atoms with Gasteiger partial charge in [0.25, 0.3) is 0 Å². The Morgan fingerprint density at radius 3 is 2.62 bits per heavy atom. The summed E-state index contributed by atoms with van der Waals surface area (Å²) in [4.78, 5) is 15.1. The topological polar surface area (TPSA) is 67.6 Å². The van der Waals surface area contributed by atoms with Gasteiger partial charge in [0.2, 0.25) is 5.91 Å². The van der Waals surface area contributed by atoms with Crippen LogP contribution in [0.15, 0.2) is 24.3 Å². The Bertz CT molecular complexity index is 643. The maximum absolute atomic E-state index is 12.7. The Kier molecular flexibility index (Phi) is 10.7. The average Bonchev–Trinajstić information content (AvgIpc) is 2.62. The second-order valence-corrected chi connectivity index (χ2v) is 8.95. The highest BCUT2D eigenvalue weighted by atomic mass is 35.5. The van der Waals surface area contributed by atoms with E-state index in [-0.39, 0.29) is 54.3 Å². The summed E-state index contributed by atoms with van der Waals surface area (Å²) in [5, 5.41) is 3.92. The van der Waals surface area contributed by atoms with Crippen molar-refractivity contribution >= 4 is 42.3 Å². The van der Waals surface area contributed by atoms with E-state index < -0.39 is 0 Å². The lowest BCUT2D eigenvalue weighted by Gasteiger charge is -2.42. The maximum Gasteiger partial charge on any atom is 0.223 e. The van der Waals surface area contributed by atoms with Crippen molar-refractivity contribution in [2.75, 3.05) is 26.2 Å². The van der Waals surface area contributed by atoms with Crippen LogP contribution in [0.1, 0.15) is 51.1 Å². The molecule has 1 aliphatic heterocycles. The first-order valence-electron chi connectivity index (χ1n) is 10.0. The van der Waals surface area contributed by atoms with Crippen molar-refractivity contribution in [1.29, 1.82) is 0 Å². The van der Waals surface area contributed by atoms with Crippen molar-refractivity contribution in [3.63, 3.8) is 0 Å². The molecule has 1 heterocycles. The number of amides is 1. The number of nitrogens with two attached hydrogens (primary N) is 1. The summed E-state index contributed by atoms with van der Waals surface area (Å²) in [6.45, 7) is 7.18. The Morgan fingerprint density at radius 2 is 2.00 bits per heavy atom. The van der Waals surface area contributed by atoms with Gasteiger partial charge >= 0.3 is 0 Å². The quantitative estimate of drug-likeness (QED) is 0.689. The van der Waals surface area contributed by atoms with Crippen molar-refractivity contribution in [2.24, 2.45) is 11.7 Å². The van der Waals surface area contributed by atoms with Crippen LogP contribution in [0.2, 0.25) is 5.02 Å². The number of nitrogens with zero attached hydrogens (tertiary/aromatic N) is 1.